The molecule has 0 aromatic rings. The molecule has 0 fully saturated rings. The molecule has 0 bridgehead atoms. The summed E-state index contributed by atoms with van der Waals surface area (Å²) in [6.45, 7) is 7.24. The quantitative estimate of drug-likeness (QED) is 0.334. The van der Waals surface area contributed by atoms with Gasteiger partial charge in [0, 0.05) is 5.92 Å². The van der Waals surface area contributed by atoms with Gasteiger partial charge in [0.25, 0.3) is 5.91 Å². The number of hydrazine groups is 1. The van der Waals surface area contributed by atoms with Crippen LogP contribution in [0.25, 0.3) is 0 Å². The molecule has 4 N–H and O–H groups in total. The second kappa shape index (κ2) is 5.59. The molecule has 0 spiro atoms. The molecule has 1 atom stereocenters. The summed E-state index contributed by atoms with van der Waals surface area (Å²) in [7, 11) is 0. The zero-order valence-corrected chi connectivity index (χ0v) is 9.13. The van der Waals surface area contributed by atoms with E-state index < -0.39 is 6.04 Å². The predicted molar refractivity (Wildman–Crippen MR) is 53.9 cm³/mol. The van der Waals surface area contributed by atoms with E-state index in [0.29, 0.717) is 0 Å². The number of rotatable bonds is 4. The lowest BCUT2D eigenvalue weighted by Crippen LogP contribution is -2.52. The Kier molecular flexibility index (Phi) is 5.15. The first kappa shape index (κ1) is 12.9. The largest absolute Gasteiger partial charge is 0.344 e. The third-order valence-electron chi connectivity index (χ3n) is 1.91. The van der Waals surface area contributed by atoms with Crippen LogP contribution in [0.2, 0.25) is 0 Å². The molecule has 2 amide bonds. The van der Waals surface area contributed by atoms with Crippen molar-refractivity contribution in [2.75, 3.05) is 0 Å². The van der Waals surface area contributed by atoms with E-state index in [0.717, 1.165) is 0 Å². The Balaban J connectivity index is 4.38. The lowest BCUT2D eigenvalue weighted by atomic mass is 10.0. The molecule has 0 heterocycles. The van der Waals surface area contributed by atoms with E-state index in [1.54, 1.807) is 13.8 Å². The van der Waals surface area contributed by atoms with Gasteiger partial charge in [0.1, 0.15) is 6.04 Å². The molecule has 0 rings (SSSR count). The van der Waals surface area contributed by atoms with Crippen LogP contribution < -0.4 is 16.6 Å². The summed E-state index contributed by atoms with van der Waals surface area (Å²) in [5.41, 5.74) is 2.04. The molecule has 0 unspecified atom stereocenters. The van der Waals surface area contributed by atoms with Crippen molar-refractivity contribution in [2.24, 2.45) is 17.7 Å². The van der Waals surface area contributed by atoms with Crippen LogP contribution in [-0.2, 0) is 9.59 Å². The molecule has 0 aliphatic heterocycles. The zero-order valence-electron chi connectivity index (χ0n) is 9.13. The van der Waals surface area contributed by atoms with Crippen LogP contribution in [0.3, 0.4) is 0 Å². The minimum atomic E-state index is -0.560. The smallest absolute Gasteiger partial charge is 0.256 e. The minimum Gasteiger partial charge on any atom is -0.344 e. The van der Waals surface area contributed by atoms with Crippen LogP contribution in [0.15, 0.2) is 0 Å². The summed E-state index contributed by atoms with van der Waals surface area (Å²) in [4.78, 5) is 22.6. The fourth-order valence-corrected chi connectivity index (χ4v) is 0.945. The van der Waals surface area contributed by atoms with Crippen molar-refractivity contribution in [1.82, 2.24) is 10.7 Å². The normalized spacial score (nSPS) is 12.8. The van der Waals surface area contributed by atoms with Gasteiger partial charge >= 0.3 is 0 Å². The van der Waals surface area contributed by atoms with E-state index >= 15 is 0 Å². The first-order valence-electron chi connectivity index (χ1n) is 4.71. The molecule has 14 heavy (non-hydrogen) atoms. The highest BCUT2D eigenvalue weighted by Gasteiger charge is 2.24. The highest BCUT2D eigenvalue weighted by molar-refractivity contribution is 5.88. The van der Waals surface area contributed by atoms with Crippen LogP contribution in [0.4, 0.5) is 0 Å². The van der Waals surface area contributed by atoms with Gasteiger partial charge in [0.2, 0.25) is 5.91 Å². The van der Waals surface area contributed by atoms with Gasteiger partial charge in [-0.2, -0.15) is 0 Å². The van der Waals surface area contributed by atoms with Gasteiger partial charge in [-0.3, -0.25) is 15.0 Å². The molecule has 0 saturated heterocycles. The van der Waals surface area contributed by atoms with Crippen LogP contribution in [0.1, 0.15) is 27.7 Å². The fourth-order valence-electron chi connectivity index (χ4n) is 0.945. The van der Waals surface area contributed by atoms with E-state index in [2.05, 4.69) is 5.32 Å². The topological polar surface area (TPSA) is 84.2 Å². The number of amides is 2. The van der Waals surface area contributed by atoms with Crippen molar-refractivity contribution in [2.45, 2.75) is 33.7 Å². The Labute approximate surface area is 84.4 Å². The third-order valence-corrected chi connectivity index (χ3v) is 1.91. The standard InChI is InChI=1S/C9H19N3O2/c1-5(2)7(9(14)12-10)11-8(13)6(3)4/h5-7H,10H2,1-4H3,(H,11,13)(H,12,14)/t7-/m0/s1. The molecule has 0 aromatic heterocycles. The maximum atomic E-state index is 11.3. The number of nitrogens with one attached hydrogen (secondary N) is 2. The van der Waals surface area contributed by atoms with Gasteiger partial charge in [0.05, 0.1) is 0 Å². The molecule has 0 saturated carbocycles. The molecule has 0 aliphatic carbocycles. The summed E-state index contributed by atoms with van der Waals surface area (Å²) in [5.74, 6) is 4.38. The zero-order chi connectivity index (χ0) is 11.3. The van der Waals surface area contributed by atoms with Crippen molar-refractivity contribution >= 4 is 11.8 Å². The van der Waals surface area contributed by atoms with Crippen LogP contribution in [-0.4, -0.2) is 17.9 Å². The van der Waals surface area contributed by atoms with Crippen LogP contribution in [0, 0.1) is 11.8 Å². The number of carbonyl (C=O) groups is 2. The molecule has 82 valence electrons. The van der Waals surface area contributed by atoms with Gasteiger partial charge in [-0.25, -0.2) is 5.84 Å². The summed E-state index contributed by atoms with van der Waals surface area (Å²) >= 11 is 0. The Morgan fingerprint density at radius 2 is 1.57 bits per heavy atom. The second-order valence-corrected chi connectivity index (χ2v) is 3.89. The Morgan fingerprint density at radius 3 is 1.86 bits per heavy atom. The first-order chi connectivity index (χ1) is 6.40. The van der Waals surface area contributed by atoms with Gasteiger partial charge in [0.15, 0.2) is 0 Å². The monoisotopic (exact) mass is 201 g/mol. The van der Waals surface area contributed by atoms with Gasteiger partial charge in [-0.15, -0.1) is 0 Å². The van der Waals surface area contributed by atoms with Crippen molar-refractivity contribution in [1.29, 1.82) is 0 Å². The SMILES string of the molecule is CC(C)C(=O)N[C@H](C(=O)NN)C(C)C. The third kappa shape index (κ3) is 3.74. The van der Waals surface area contributed by atoms with E-state index in [4.69, 9.17) is 5.84 Å². The molecular formula is C9H19N3O2. The molecule has 0 aromatic carbocycles. The van der Waals surface area contributed by atoms with Gasteiger partial charge in [-0.1, -0.05) is 27.7 Å². The van der Waals surface area contributed by atoms with E-state index in [-0.39, 0.29) is 23.7 Å². The lowest BCUT2D eigenvalue weighted by molar-refractivity contribution is -0.131. The van der Waals surface area contributed by atoms with Crippen molar-refractivity contribution in [3.63, 3.8) is 0 Å². The average molecular weight is 201 g/mol. The summed E-state index contributed by atoms with van der Waals surface area (Å²) in [6, 6.07) is -0.560. The predicted octanol–water partition coefficient (Wildman–Crippen LogP) is -0.227. The maximum absolute atomic E-state index is 11.3. The van der Waals surface area contributed by atoms with Crippen molar-refractivity contribution < 1.29 is 9.59 Å². The molecule has 5 heteroatoms. The Bertz CT molecular complexity index is 214. The molecular weight excluding hydrogens is 182 g/mol. The van der Waals surface area contributed by atoms with Crippen molar-refractivity contribution in [3.05, 3.63) is 0 Å². The van der Waals surface area contributed by atoms with Gasteiger partial charge < -0.3 is 5.32 Å². The van der Waals surface area contributed by atoms with E-state index in [1.807, 2.05) is 19.3 Å². The second-order valence-electron chi connectivity index (χ2n) is 3.89. The first-order valence-corrected chi connectivity index (χ1v) is 4.71. The Morgan fingerprint density at radius 1 is 1.07 bits per heavy atom. The molecule has 0 aliphatic rings. The average Bonchev–Trinajstić information content (AvgIpc) is 2.11. The summed E-state index contributed by atoms with van der Waals surface area (Å²) < 4.78 is 0. The van der Waals surface area contributed by atoms with E-state index in [9.17, 15) is 9.59 Å². The number of carbonyl (C=O) groups excluding carboxylic acids is 2. The van der Waals surface area contributed by atoms with Crippen LogP contribution >= 0.6 is 0 Å². The fraction of sp³-hybridized carbons (Fsp3) is 0.778. The summed E-state index contributed by atoms with van der Waals surface area (Å²) in [5, 5.41) is 2.64. The van der Waals surface area contributed by atoms with Gasteiger partial charge in [-0.05, 0) is 5.92 Å². The highest BCUT2D eigenvalue weighted by atomic mass is 16.2. The highest BCUT2D eigenvalue weighted by Crippen LogP contribution is 2.03. The van der Waals surface area contributed by atoms with Crippen molar-refractivity contribution in [3.8, 4) is 0 Å². The molecule has 5 nitrogen and oxygen atoms in total. The van der Waals surface area contributed by atoms with Crippen LogP contribution in [0.5, 0.6) is 0 Å². The number of hydrogen-bond acceptors (Lipinski definition) is 3. The number of nitrogens with two attached hydrogens (primary N) is 1. The maximum Gasteiger partial charge on any atom is 0.256 e. The number of hydrogen-bond donors (Lipinski definition) is 3. The summed E-state index contributed by atoms with van der Waals surface area (Å²) in [6.07, 6.45) is 0. The Hall–Kier alpha value is -1.10. The minimum absolute atomic E-state index is 0.0150. The lowest BCUT2D eigenvalue weighted by Gasteiger charge is -2.21. The van der Waals surface area contributed by atoms with E-state index in [1.165, 1.54) is 0 Å². The molecule has 0 radical (unpaired) electrons.